The van der Waals surface area contributed by atoms with Crippen LogP contribution in [0.3, 0.4) is 0 Å². The Balaban J connectivity index is 1.68. The minimum atomic E-state index is -1.32. The number of aromatic hydroxyl groups is 1. The van der Waals surface area contributed by atoms with E-state index in [-0.39, 0.29) is 28.6 Å². The molecule has 2 aromatic carbocycles. The topological polar surface area (TPSA) is 99.2 Å². The van der Waals surface area contributed by atoms with Crippen LogP contribution in [0.15, 0.2) is 36.4 Å². The molecule has 2 bridgehead atoms. The minimum Gasteiger partial charge on any atom is -0.507 e. The number of allylic oxidation sites excluding steroid dienone is 2. The molecule has 6 rings (SSSR count). The molecule has 174 valence electrons. The number of aliphatic hydroxyl groups excluding tert-OH is 1. The van der Waals surface area contributed by atoms with Crippen molar-refractivity contribution in [3.05, 3.63) is 69.8 Å². The molecule has 4 atom stereocenters. The van der Waals surface area contributed by atoms with Crippen LogP contribution >= 0.6 is 0 Å². The third kappa shape index (κ3) is 2.48. The van der Waals surface area contributed by atoms with E-state index in [4.69, 9.17) is 4.74 Å². The highest BCUT2D eigenvalue weighted by Crippen LogP contribution is 2.68. The van der Waals surface area contributed by atoms with Crippen molar-refractivity contribution in [2.45, 2.75) is 50.5 Å². The lowest BCUT2D eigenvalue weighted by molar-refractivity contribution is 0.0974. The van der Waals surface area contributed by atoms with Gasteiger partial charge in [0.05, 0.1) is 16.8 Å². The molecule has 0 unspecified atom stereocenters. The number of fused-ring (bicyclic) bond motifs is 4. The van der Waals surface area contributed by atoms with Gasteiger partial charge in [-0.3, -0.25) is 9.59 Å². The average molecular weight is 466 g/mol. The standard InChI is InChI=1S/C29H23NO5/c1-4-16-10-9-11-17-22(16)27(34)23-19(31)14-18-25(24(23)26(17)33)30-20-12-7-5-6-8-13-21(32)29(18)28(20,35-29)15(2)3/h5-6,9-11,14-15,20-21,30-32H,4H2,1-3H3/b6-5-/t20-,21+,28-,29-/m0/s1. The van der Waals surface area contributed by atoms with Crippen LogP contribution in [0.4, 0.5) is 5.69 Å². The van der Waals surface area contributed by atoms with Crippen molar-refractivity contribution in [1.29, 1.82) is 0 Å². The largest absolute Gasteiger partial charge is 0.507 e. The van der Waals surface area contributed by atoms with Crippen molar-refractivity contribution in [2.75, 3.05) is 5.32 Å². The van der Waals surface area contributed by atoms with Gasteiger partial charge in [-0.1, -0.05) is 62.7 Å². The first-order valence-corrected chi connectivity index (χ1v) is 11.7. The molecule has 2 aliphatic carbocycles. The van der Waals surface area contributed by atoms with Crippen molar-refractivity contribution >= 4 is 17.3 Å². The number of benzene rings is 2. The lowest BCUT2D eigenvalue weighted by Crippen LogP contribution is -2.52. The Kier molecular flexibility index (Phi) is 4.39. The maximum absolute atomic E-state index is 13.9. The molecule has 3 N–H and O–H groups in total. The predicted molar refractivity (Wildman–Crippen MR) is 129 cm³/mol. The molecule has 35 heavy (non-hydrogen) atoms. The van der Waals surface area contributed by atoms with E-state index < -0.39 is 29.1 Å². The average Bonchev–Trinajstić information content (AvgIpc) is 3.57. The first kappa shape index (κ1) is 21.7. The number of carbonyl (C=O) groups excluding carboxylic acids is 2. The summed E-state index contributed by atoms with van der Waals surface area (Å²) in [5.41, 5.74) is -0.0858. The van der Waals surface area contributed by atoms with Gasteiger partial charge in [0, 0.05) is 16.7 Å². The van der Waals surface area contributed by atoms with Crippen molar-refractivity contribution in [2.24, 2.45) is 5.92 Å². The monoisotopic (exact) mass is 465 g/mol. The van der Waals surface area contributed by atoms with E-state index in [1.807, 2.05) is 26.8 Å². The van der Waals surface area contributed by atoms with E-state index in [1.165, 1.54) is 6.07 Å². The summed E-state index contributed by atoms with van der Waals surface area (Å²) in [6, 6.07) is 6.07. The molecule has 0 amide bonds. The lowest BCUT2D eigenvalue weighted by atomic mass is 9.67. The summed E-state index contributed by atoms with van der Waals surface area (Å²) in [6.45, 7) is 5.86. The van der Waals surface area contributed by atoms with E-state index in [0.29, 0.717) is 28.8 Å². The Hall–Kier alpha value is -3.84. The number of ketones is 2. The van der Waals surface area contributed by atoms with Crippen molar-refractivity contribution in [3.8, 4) is 29.4 Å². The zero-order valence-corrected chi connectivity index (χ0v) is 19.5. The second kappa shape index (κ2) is 7.09. The molecule has 4 aliphatic rings. The van der Waals surface area contributed by atoms with Crippen LogP contribution in [0.5, 0.6) is 5.75 Å². The SMILES string of the molecule is CCc1cccc2c1C(=O)c1c(O)cc3c(c1C2=O)N[C@H]1C#C/C=C\C#C[C@@H](O)[C@@]32O[C@@]12C(C)C. The summed E-state index contributed by atoms with van der Waals surface area (Å²) in [5, 5.41) is 25.8. The lowest BCUT2D eigenvalue weighted by Gasteiger charge is -2.38. The maximum atomic E-state index is 13.9. The molecular formula is C29H23NO5. The molecular weight excluding hydrogens is 442 g/mol. The normalized spacial score (nSPS) is 29.7. The van der Waals surface area contributed by atoms with Crippen molar-refractivity contribution in [1.82, 2.24) is 0 Å². The van der Waals surface area contributed by atoms with Gasteiger partial charge in [0.15, 0.2) is 23.3 Å². The number of aliphatic hydroxyl groups is 1. The van der Waals surface area contributed by atoms with Crippen LogP contribution in [-0.4, -0.2) is 39.5 Å². The fraction of sp³-hybridized carbons (Fsp3) is 0.310. The van der Waals surface area contributed by atoms with Gasteiger partial charge in [-0.2, -0.15) is 0 Å². The fourth-order valence-corrected chi connectivity index (χ4v) is 6.10. The van der Waals surface area contributed by atoms with E-state index in [9.17, 15) is 19.8 Å². The second-order valence-electron chi connectivity index (χ2n) is 9.60. The second-order valence-corrected chi connectivity index (χ2v) is 9.60. The molecule has 0 radical (unpaired) electrons. The molecule has 0 spiro atoms. The Morgan fingerprint density at radius 2 is 1.83 bits per heavy atom. The minimum absolute atomic E-state index is 0.0400. The van der Waals surface area contributed by atoms with Gasteiger partial charge in [-0.25, -0.2) is 0 Å². The van der Waals surface area contributed by atoms with Gasteiger partial charge in [0.25, 0.3) is 0 Å². The zero-order chi connectivity index (χ0) is 24.7. The number of aryl methyl sites for hydroxylation is 1. The predicted octanol–water partition coefficient (Wildman–Crippen LogP) is 3.08. The van der Waals surface area contributed by atoms with E-state index in [0.717, 1.165) is 5.56 Å². The molecule has 0 aromatic heterocycles. The third-order valence-electron chi connectivity index (χ3n) is 7.69. The molecule has 2 aromatic rings. The van der Waals surface area contributed by atoms with Crippen LogP contribution in [0.25, 0.3) is 0 Å². The van der Waals surface area contributed by atoms with Crippen LogP contribution in [0.2, 0.25) is 0 Å². The Morgan fingerprint density at radius 3 is 2.54 bits per heavy atom. The van der Waals surface area contributed by atoms with Crippen LogP contribution < -0.4 is 5.32 Å². The number of nitrogens with one attached hydrogen (secondary N) is 1. The number of hydrogen-bond donors (Lipinski definition) is 3. The van der Waals surface area contributed by atoms with Crippen molar-refractivity contribution in [3.63, 3.8) is 0 Å². The van der Waals surface area contributed by atoms with Gasteiger partial charge in [-0.05, 0) is 36.1 Å². The number of epoxide rings is 1. The molecule has 6 heteroatoms. The summed E-state index contributed by atoms with van der Waals surface area (Å²) in [6.07, 6.45) is 2.49. The molecule has 2 aliphatic heterocycles. The number of phenolic OH excluding ortho intramolecular Hbond substituents is 1. The summed E-state index contributed by atoms with van der Waals surface area (Å²) < 4.78 is 6.41. The quantitative estimate of drug-likeness (QED) is 0.306. The van der Waals surface area contributed by atoms with Crippen LogP contribution in [0, 0.1) is 29.6 Å². The highest BCUT2D eigenvalue weighted by molar-refractivity contribution is 6.31. The van der Waals surface area contributed by atoms with Crippen LogP contribution in [-0.2, 0) is 16.8 Å². The number of anilines is 1. The third-order valence-corrected chi connectivity index (χ3v) is 7.69. The van der Waals surface area contributed by atoms with E-state index in [2.05, 4.69) is 29.0 Å². The molecule has 0 saturated carbocycles. The first-order chi connectivity index (χ1) is 16.8. The highest BCUT2D eigenvalue weighted by atomic mass is 16.6. The Morgan fingerprint density at radius 1 is 1.09 bits per heavy atom. The van der Waals surface area contributed by atoms with Crippen molar-refractivity contribution < 1.29 is 24.5 Å². The number of carbonyl (C=O) groups is 2. The van der Waals surface area contributed by atoms with Gasteiger partial charge >= 0.3 is 0 Å². The Labute approximate surface area is 203 Å². The van der Waals surface area contributed by atoms with Crippen LogP contribution in [0.1, 0.15) is 63.7 Å². The molecule has 2 heterocycles. The summed E-state index contributed by atoms with van der Waals surface area (Å²) in [4.78, 5) is 27.5. The Bertz CT molecular complexity index is 1510. The van der Waals surface area contributed by atoms with Gasteiger partial charge < -0.3 is 20.3 Å². The smallest absolute Gasteiger partial charge is 0.198 e. The van der Waals surface area contributed by atoms with Gasteiger partial charge in [0.2, 0.25) is 0 Å². The van der Waals surface area contributed by atoms with Gasteiger partial charge in [0.1, 0.15) is 17.4 Å². The molecule has 6 nitrogen and oxygen atoms in total. The van der Waals surface area contributed by atoms with E-state index in [1.54, 1.807) is 24.3 Å². The first-order valence-electron chi connectivity index (χ1n) is 11.7. The zero-order valence-electron chi connectivity index (χ0n) is 19.5. The summed E-state index contributed by atoms with van der Waals surface area (Å²) in [5.74, 6) is 10.6. The summed E-state index contributed by atoms with van der Waals surface area (Å²) in [7, 11) is 0. The van der Waals surface area contributed by atoms with Gasteiger partial charge in [-0.15, -0.1) is 0 Å². The highest BCUT2D eigenvalue weighted by Gasteiger charge is 2.81. The number of ether oxygens (including phenoxy) is 1. The summed E-state index contributed by atoms with van der Waals surface area (Å²) >= 11 is 0. The number of phenols is 1. The molecule has 1 saturated heterocycles. The van der Waals surface area contributed by atoms with E-state index >= 15 is 0 Å². The number of rotatable bonds is 2. The maximum Gasteiger partial charge on any atom is 0.198 e. The fourth-order valence-electron chi connectivity index (χ4n) is 6.10. The number of hydrogen-bond acceptors (Lipinski definition) is 6. The molecule has 1 fully saturated rings.